The summed E-state index contributed by atoms with van der Waals surface area (Å²) in [5, 5.41) is 7.54. The average molecular weight is 804 g/mol. The third-order valence-electron chi connectivity index (χ3n) is 9.38. The van der Waals surface area contributed by atoms with Gasteiger partial charge in [0, 0.05) is 12.6 Å². The van der Waals surface area contributed by atoms with Crippen molar-refractivity contribution < 1.29 is 42.5 Å². The van der Waals surface area contributed by atoms with E-state index in [-0.39, 0.29) is 31.2 Å². The second-order valence-electron chi connectivity index (χ2n) is 13.5. The van der Waals surface area contributed by atoms with Gasteiger partial charge in [0.05, 0.1) is 45.8 Å². The lowest BCUT2D eigenvalue weighted by molar-refractivity contribution is -0.269. The lowest BCUT2D eigenvalue weighted by Gasteiger charge is -2.46. The van der Waals surface area contributed by atoms with Gasteiger partial charge in [-0.3, -0.25) is 4.79 Å². The highest BCUT2D eigenvalue weighted by Crippen LogP contribution is 2.32. The highest BCUT2D eigenvalue weighted by Gasteiger charge is 2.48. The van der Waals surface area contributed by atoms with Crippen molar-refractivity contribution >= 4 is 28.2 Å². The van der Waals surface area contributed by atoms with Crippen molar-refractivity contribution in [2.24, 2.45) is 0 Å². The van der Waals surface area contributed by atoms with E-state index >= 15 is 0 Å². The number of carbonyl (C=O) groups is 2. The minimum Gasteiger partial charge on any atom is -0.461 e. The molecule has 0 spiro atoms. The highest BCUT2D eigenvalue weighted by molar-refractivity contribution is 7.17. The molecule has 0 aliphatic carbocycles. The van der Waals surface area contributed by atoms with Crippen molar-refractivity contribution in [3.63, 3.8) is 0 Å². The number of benzene rings is 4. The van der Waals surface area contributed by atoms with Crippen LogP contribution in [0, 0.1) is 0 Å². The molecule has 3 heterocycles. The van der Waals surface area contributed by atoms with Gasteiger partial charge in [-0.1, -0.05) is 138 Å². The number of rotatable bonds is 20. The predicted octanol–water partition coefficient (Wildman–Crippen LogP) is 7.69. The number of nitrogens with one attached hydrogen (secondary N) is 1. The summed E-state index contributed by atoms with van der Waals surface area (Å²) in [5.74, 6) is -1.23. The Labute approximate surface area is 341 Å². The Balaban J connectivity index is 1.15. The summed E-state index contributed by atoms with van der Waals surface area (Å²) in [7, 11) is 0. The van der Waals surface area contributed by atoms with E-state index in [9.17, 15) is 9.59 Å². The molecule has 300 valence electrons. The van der Waals surface area contributed by atoms with Crippen LogP contribution < -0.4 is 5.32 Å². The van der Waals surface area contributed by atoms with Crippen LogP contribution in [0.5, 0.6) is 0 Å². The number of hydrogen-bond donors (Lipinski definition) is 1. The Morgan fingerprint density at radius 2 is 1.21 bits per heavy atom. The zero-order valence-electron chi connectivity index (χ0n) is 32.0. The van der Waals surface area contributed by atoms with E-state index in [0.29, 0.717) is 36.4 Å². The highest BCUT2D eigenvalue weighted by atomic mass is 32.1. The van der Waals surface area contributed by atoms with E-state index in [4.69, 9.17) is 32.9 Å². The summed E-state index contributed by atoms with van der Waals surface area (Å²) in [4.78, 5) is 30.1. The number of ketones is 1. The normalized spacial score (nSPS) is 19.1. The van der Waals surface area contributed by atoms with Crippen molar-refractivity contribution in [1.82, 2.24) is 10.1 Å². The van der Waals surface area contributed by atoms with Crippen molar-refractivity contribution in [2.45, 2.75) is 63.9 Å². The SMILES string of the molecule is CCOC(=O)c1cc(C(=O)c2cnc(NCC3OC(COCc4ccccc4)C(OCc4ccccc4)C(OCc4ccccc4)C3OCc3ccccc3)s2)on1. The van der Waals surface area contributed by atoms with Gasteiger partial charge in [-0.05, 0) is 29.2 Å². The summed E-state index contributed by atoms with van der Waals surface area (Å²) in [6.07, 6.45) is -1.46. The third kappa shape index (κ3) is 11.1. The number of ether oxygens (including phenoxy) is 6. The summed E-state index contributed by atoms with van der Waals surface area (Å²) in [6, 6.07) is 41.2. The largest absolute Gasteiger partial charge is 0.461 e. The lowest BCUT2D eigenvalue weighted by Crippen LogP contribution is -2.62. The molecule has 0 saturated carbocycles. The minimum absolute atomic E-state index is 0.0820. The van der Waals surface area contributed by atoms with E-state index in [1.807, 2.05) is 121 Å². The molecule has 0 radical (unpaired) electrons. The molecule has 5 unspecified atom stereocenters. The Bertz CT molecular complexity index is 2150. The first kappa shape index (κ1) is 40.6. The molecule has 1 fully saturated rings. The summed E-state index contributed by atoms with van der Waals surface area (Å²) in [5.41, 5.74) is 3.96. The molecule has 1 aliphatic rings. The number of aromatic nitrogens is 2. The van der Waals surface area contributed by atoms with Crippen LogP contribution in [0.3, 0.4) is 0 Å². The maximum Gasteiger partial charge on any atom is 0.360 e. The molecule has 1 saturated heterocycles. The number of anilines is 1. The lowest BCUT2D eigenvalue weighted by atomic mass is 9.93. The third-order valence-corrected chi connectivity index (χ3v) is 10.3. The zero-order chi connectivity index (χ0) is 39.9. The fourth-order valence-electron chi connectivity index (χ4n) is 6.50. The van der Waals surface area contributed by atoms with E-state index in [1.165, 1.54) is 12.3 Å². The Morgan fingerprint density at radius 1 is 0.690 bits per heavy atom. The first-order valence-electron chi connectivity index (χ1n) is 19.2. The molecule has 1 aliphatic heterocycles. The maximum absolute atomic E-state index is 13.3. The van der Waals surface area contributed by atoms with Gasteiger partial charge >= 0.3 is 5.97 Å². The number of nitrogens with zero attached hydrogens (tertiary/aromatic N) is 2. The molecule has 0 bridgehead atoms. The Kier molecular flexibility index (Phi) is 14.5. The van der Waals surface area contributed by atoms with Crippen LogP contribution in [-0.2, 0) is 54.8 Å². The fourth-order valence-corrected chi connectivity index (χ4v) is 7.27. The minimum atomic E-state index is -0.670. The zero-order valence-corrected chi connectivity index (χ0v) is 32.8. The summed E-state index contributed by atoms with van der Waals surface area (Å²) >= 11 is 1.14. The van der Waals surface area contributed by atoms with Gasteiger partial charge < -0.3 is 38.3 Å². The Morgan fingerprint density at radius 3 is 1.76 bits per heavy atom. The van der Waals surface area contributed by atoms with Gasteiger partial charge in [0.1, 0.15) is 35.4 Å². The quantitative estimate of drug-likeness (QED) is 0.0598. The smallest absolute Gasteiger partial charge is 0.360 e. The van der Waals surface area contributed by atoms with Crippen LogP contribution in [0.4, 0.5) is 5.13 Å². The molecule has 2 aromatic heterocycles. The first-order valence-corrected chi connectivity index (χ1v) is 20.0. The van der Waals surface area contributed by atoms with Gasteiger partial charge in [0.15, 0.2) is 10.8 Å². The fraction of sp³-hybridized carbons (Fsp3) is 0.289. The van der Waals surface area contributed by atoms with E-state index in [1.54, 1.807) is 6.92 Å². The maximum atomic E-state index is 13.3. The molecule has 0 amide bonds. The number of carbonyl (C=O) groups excluding carboxylic acids is 2. The Hall–Kier alpha value is -5.54. The molecule has 5 atom stereocenters. The van der Waals surface area contributed by atoms with Crippen molar-refractivity contribution in [3.05, 3.63) is 172 Å². The molecule has 6 aromatic rings. The van der Waals surface area contributed by atoms with Crippen molar-refractivity contribution in [1.29, 1.82) is 0 Å². The topological polar surface area (TPSA) is 140 Å². The second kappa shape index (κ2) is 20.8. The van der Waals surface area contributed by atoms with Crippen LogP contribution in [-0.4, -0.2) is 72.2 Å². The molecule has 13 heteroatoms. The van der Waals surface area contributed by atoms with Crippen LogP contribution in [0.25, 0.3) is 0 Å². The molecule has 12 nitrogen and oxygen atoms in total. The van der Waals surface area contributed by atoms with Crippen LogP contribution >= 0.6 is 11.3 Å². The van der Waals surface area contributed by atoms with Crippen LogP contribution in [0.15, 0.2) is 138 Å². The van der Waals surface area contributed by atoms with Gasteiger partial charge in [-0.2, -0.15) is 0 Å². The van der Waals surface area contributed by atoms with E-state index in [0.717, 1.165) is 33.6 Å². The second-order valence-corrected chi connectivity index (χ2v) is 14.6. The molecular formula is C45H45N3O9S. The van der Waals surface area contributed by atoms with Crippen molar-refractivity contribution in [2.75, 3.05) is 25.1 Å². The standard InChI is InChI=1S/C45H45N3O9S/c1-2-52-44(50)35-23-36(57-48-35)40(49)39-25-47-45(58-39)46-24-37-41(53-27-32-17-9-4-10-18-32)43(55-29-34-21-13-6-14-22-34)42(54-28-33-19-11-5-12-20-33)38(56-37)30-51-26-31-15-7-3-8-16-31/h3-23,25,37-38,41-43H,2,24,26-30H2,1H3,(H,46,47). The van der Waals surface area contributed by atoms with E-state index < -0.39 is 42.3 Å². The predicted molar refractivity (Wildman–Crippen MR) is 216 cm³/mol. The van der Waals surface area contributed by atoms with Gasteiger partial charge in [0.2, 0.25) is 11.5 Å². The molecule has 7 rings (SSSR count). The summed E-state index contributed by atoms with van der Waals surface area (Å²) in [6.45, 7) is 3.67. The van der Waals surface area contributed by atoms with Gasteiger partial charge in [0.25, 0.3) is 0 Å². The van der Waals surface area contributed by atoms with Crippen LogP contribution in [0.2, 0.25) is 0 Å². The summed E-state index contributed by atoms with van der Waals surface area (Å²) < 4.78 is 43.8. The van der Waals surface area contributed by atoms with E-state index in [2.05, 4.69) is 15.5 Å². The molecule has 4 aromatic carbocycles. The molecule has 58 heavy (non-hydrogen) atoms. The monoisotopic (exact) mass is 803 g/mol. The number of esters is 1. The molecular weight excluding hydrogens is 759 g/mol. The number of thiazole rings is 1. The van der Waals surface area contributed by atoms with Gasteiger partial charge in [-0.15, -0.1) is 0 Å². The van der Waals surface area contributed by atoms with Crippen molar-refractivity contribution in [3.8, 4) is 0 Å². The number of hydrogen-bond acceptors (Lipinski definition) is 13. The average Bonchev–Trinajstić information content (AvgIpc) is 3.97. The first-order chi connectivity index (χ1) is 28.5. The van der Waals surface area contributed by atoms with Crippen LogP contribution in [0.1, 0.15) is 55.1 Å². The molecule has 1 N–H and O–H groups in total. The van der Waals surface area contributed by atoms with Gasteiger partial charge in [-0.25, -0.2) is 9.78 Å².